The Morgan fingerprint density at radius 1 is 1.23 bits per heavy atom. The van der Waals surface area contributed by atoms with Crippen molar-refractivity contribution in [2.24, 2.45) is 16.2 Å². The van der Waals surface area contributed by atoms with Crippen LogP contribution in [-0.2, 0) is 10.0 Å². The summed E-state index contributed by atoms with van der Waals surface area (Å²) in [5.74, 6) is 1.67. The number of hydrogen-bond donors (Lipinski definition) is 2. The van der Waals surface area contributed by atoms with Crippen LogP contribution in [0.25, 0.3) is 0 Å². The van der Waals surface area contributed by atoms with E-state index >= 15 is 0 Å². The quantitative estimate of drug-likeness (QED) is 0.330. The monoisotopic (exact) mass is 436 g/mol. The van der Waals surface area contributed by atoms with Crippen LogP contribution in [0.2, 0.25) is 0 Å². The molecule has 0 spiro atoms. The van der Waals surface area contributed by atoms with E-state index < -0.39 is 20.6 Å². The first kappa shape index (κ1) is 23.1. The van der Waals surface area contributed by atoms with Crippen LogP contribution in [0.15, 0.2) is 46.4 Å². The molecule has 30 heavy (non-hydrogen) atoms. The molecule has 11 heteroatoms. The van der Waals surface area contributed by atoms with Crippen LogP contribution < -0.4 is 20.0 Å². The van der Waals surface area contributed by atoms with Gasteiger partial charge in [-0.3, -0.25) is 15.5 Å². The zero-order chi connectivity index (χ0) is 22.3. The molecule has 0 amide bonds. The van der Waals surface area contributed by atoms with Crippen LogP contribution in [0.1, 0.15) is 25.8 Å². The van der Waals surface area contributed by atoms with Crippen molar-refractivity contribution in [3.63, 3.8) is 0 Å². The summed E-state index contributed by atoms with van der Waals surface area (Å²) in [6.45, 7) is 4.79. The zero-order valence-electron chi connectivity index (χ0n) is 16.9. The van der Waals surface area contributed by atoms with Crippen molar-refractivity contribution >= 4 is 27.6 Å². The van der Waals surface area contributed by atoms with Crippen molar-refractivity contribution in [2.45, 2.75) is 25.2 Å². The number of ether oxygens (including phenoxy) is 2. The van der Waals surface area contributed by atoms with E-state index in [1.165, 1.54) is 19.4 Å². The Balaban J connectivity index is 2.16. The lowest BCUT2D eigenvalue weighted by Crippen LogP contribution is -2.12. The topological polar surface area (TPSA) is 146 Å². The fourth-order valence-electron chi connectivity index (χ4n) is 2.40. The fourth-order valence-corrected chi connectivity index (χ4v) is 2.93. The van der Waals surface area contributed by atoms with Crippen molar-refractivity contribution in [1.29, 1.82) is 0 Å². The molecule has 0 aromatic heterocycles. The van der Waals surface area contributed by atoms with Crippen LogP contribution in [-0.4, -0.2) is 33.3 Å². The van der Waals surface area contributed by atoms with Crippen molar-refractivity contribution in [3.05, 3.63) is 52.1 Å². The summed E-state index contributed by atoms with van der Waals surface area (Å²) in [6.07, 6.45) is 2.36. The zero-order valence-corrected chi connectivity index (χ0v) is 17.7. The van der Waals surface area contributed by atoms with Gasteiger partial charge in [0, 0.05) is 6.07 Å². The third-order valence-electron chi connectivity index (χ3n) is 4.03. The molecule has 0 saturated carbocycles. The summed E-state index contributed by atoms with van der Waals surface area (Å²) in [7, 11) is -2.53. The summed E-state index contributed by atoms with van der Waals surface area (Å²) < 4.78 is 33.8. The van der Waals surface area contributed by atoms with Gasteiger partial charge in [-0.15, -0.1) is 0 Å². The Morgan fingerprint density at radius 3 is 2.57 bits per heavy atom. The fraction of sp³-hybridized carbons (Fsp3) is 0.316. The van der Waals surface area contributed by atoms with Crippen molar-refractivity contribution in [2.75, 3.05) is 19.1 Å². The molecule has 2 aromatic carbocycles. The number of hydrogen-bond acceptors (Lipinski definition) is 8. The molecule has 0 aliphatic heterocycles. The van der Waals surface area contributed by atoms with Crippen LogP contribution in [0.5, 0.6) is 11.5 Å². The maximum atomic E-state index is 11.4. The highest BCUT2D eigenvalue weighted by molar-refractivity contribution is 7.89. The molecule has 162 valence electrons. The molecule has 0 heterocycles. The largest absolute Gasteiger partial charge is 0.493 e. The predicted molar refractivity (Wildman–Crippen MR) is 114 cm³/mol. The first-order chi connectivity index (χ1) is 14.1. The molecule has 10 nitrogen and oxygen atoms in total. The van der Waals surface area contributed by atoms with Gasteiger partial charge in [0.15, 0.2) is 11.5 Å². The number of methoxy groups -OCH3 is 1. The van der Waals surface area contributed by atoms with Crippen molar-refractivity contribution in [3.8, 4) is 11.5 Å². The number of sulfonamides is 1. The lowest BCUT2D eigenvalue weighted by molar-refractivity contribution is -0.384. The van der Waals surface area contributed by atoms with Gasteiger partial charge in [-0.2, -0.15) is 5.10 Å². The Morgan fingerprint density at radius 2 is 1.97 bits per heavy atom. The average molecular weight is 436 g/mol. The minimum Gasteiger partial charge on any atom is -0.493 e. The van der Waals surface area contributed by atoms with Gasteiger partial charge in [0.1, 0.15) is 5.69 Å². The van der Waals surface area contributed by atoms with E-state index in [2.05, 4.69) is 24.4 Å². The summed E-state index contributed by atoms with van der Waals surface area (Å²) in [5, 5.41) is 20.2. The third-order valence-corrected chi connectivity index (χ3v) is 4.94. The number of nitro benzene ring substituents is 1. The summed E-state index contributed by atoms with van der Waals surface area (Å²) in [4.78, 5) is 10.1. The van der Waals surface area contributed by atoms with Gasteiger partial charge in [0.2, 0.25) is 10.0 Å². The molecule has 0 aliphatic carbocycles. The number of nitro groups is 1. The highest BCUT2D eigenvalue weighted by atomic mass is 32.2. The van der Waals surface area contributed by atoms with Gasteiger partial charge in [-0.25, -0.2) is 13.6 Å². The van der Waals surface area contributed by atoms with Crippen LogP contribution >= 0.6 is 0 Å². The molecule has 0 radical (unpaired) electrons. The summed E-state index contributed by atoms with van der Waals surface area (Å²) in [5.41, 5.74) is 2.76. The van der Waals surface area contributed by atoms with Crippen molar-refractivity contribution in [1.82, 2.24) is 0 Å². The molecule has 0 fully saturated rings. The number of nitrogens with one attached hydrogen (secondary N) is 1. The molecule has 0 bridgehead atoms. The summed E-state index contributed by atoms with van der Waals surface area (Å²) in [6, 6.07) is 8.49. The number of benzene rings is 2. The molecule has 0 aliphatic rings. The van der Waals surface area contributed by atoms with E-state index in [1.54, 1.807) is 18.2 Å². The number of rotatable bonds is 10. The van der Waals surface area contributed by atoms with Gasteiger partial charge in [-0.1, -0.05) is 13.8 Å². The van der Waals surface area contributed by atoms with Gasteiger partial charge in [0.05, 0.1) is 29.8 Å². The smallest absolute Gasteiger partial charge is 0.295 e. The Kier molecular flexibility index (Phi) is 7.72. The molecular weight excluding hydrogens is 412 g/mol. The van der Waals surface area contributed by atoms with Gasteiger partial charge in [0.25, 0.3) is 5.69 Å². The molecular formula is C19H24N4O6S. The highest BCUT2D eigenvalue weighted by Gasteiger charge is 2.18. The lowest BCUT2D eigenvalue weighted by Gasteiger charge is -2.12. The number of primary sulfonamides is 1. The Bertz CT molecular complexity index is 1040. The Labute approximate surface area is 174 Å². The number of hydrazone groups is 1. The van der Waals surface area contributed by atoms with E-state index in [0.717, 1.165) is 18.6 Å². The summed E-state index contributed by atoms with van der Waals surface area (Å²) >= 11 is 0. The molecule has 0 unspecified atom stereocenters. The van der Waals surface area contributed by atoms with Gasteiger partial charge < -0.3 is 9.47 Å². The van der Waals surface area contributed by atoms with E-state index in [-0.39, 0.29) is 10.6 Å². The normalized spacial score (nSPS) is 11.6. The van der Waals surface area contributed by atoms with Gasteiger partial charge in [-0.05, 0) is 48.2 Å². The second kappa shape index (κ2) is 10.0. The Hall–Kier alpha value is -3.18. The van der Waals surface area contributed by atoms with E-state index in [0.29, 0.717) is 29.6 Å². The molecule has 0 saturated heterocycles. The van der Waals surface area contributed by atoms with Gasteiger partial charge >= 0.3 is 0 Å². The standard InChI is InChI=1S/C19H24N4O6S/c1-13(2)8-9-29-18-7-4-14(10-19(18)28-3)12-21-22-16-6-5-15(30(20,26)27)11-17(16)23(24)25/h4-7,10-13,22H,8-9H2,1-3H3,(H2,20,26,27)/b21-12+. The maximum absolute atomic E-state index is 11.4. The van der Waals surface area contributed by atoms with E-state index in [1.807, 2.05) is 0 Å². The van der Waals surface area contributed by atoms with Crippen molar-refractivity contribution < 1.29 is 22.8 Å². The average Bonchev–Trinajstić information content (AvgIpc) is 2.67. The minimum absolute atomic E-state index is 0.0178. The van der Waals surface area contributed by atoms with E-state index in [9.17, 15) is 18.5 Å². The number of nitrogens with two attached hydrogens (primary N) is 1. The molecule has 2 rings (SSSR count). The molecule has 3 N–H and O–H groups in total. The second-order valence-electron chi connectivity index (χ2n) is 6.79. The SMILES string of the molecule is COc1cc(/C=N/Nc2ccc(S(N)(=O)=O)cc2[N+](=O)[O-])ccc1OCCC(C)C. The predicted octanol–water partition coefficient (Wildman–Crippen LogP) is 3.12. The molecule has 0 atom stereocenters. The maximum Gasteiger partial charge on any atom is 0.295 e. The van der Waals surface area contributed by atoms with Crippen LogP contribution in [0, 0.1) is 16.0 Å². The number of anilines is 1. The first-order valence-electron chi connectivity index (χ1n) is 9.03. The minimum atomic E-state index is -4.06. The molecule has 2 aromatic rings. The first-order valence-corrected chi connectivity index (χ1v) is 10.6. The second-order valence-corrected chi connectivity index (χ2v) is 8.35. The third kappa shape index (κ3) is 6.42. The van der Waals surface area contributed by atoms with Crippen LogP contribution in [0.4, 0.5) is 11.4 Å². The highest BCUT2D eigenvalue weighted by Crippen LogP contribution is 2.29. The van der Waals surface area contributed by atoms with Crippen LogP contribution in [0.3, 0.4) is 0 Å². The van der Waals surface area contributed by atoms with E-state index in [4.69, 9.17) is 14.6 Å². The lowest BCUT2D eigenvalue weighted by atomic mass is 10.1. The number of nitrogens with zero attached hydrogens (tertiary/aromatic N) is 2.